The zero-order valence-electron chi connectivity index (χ0n) is 20.7. The van der Waals surface area contributed by atoms with Gasteiger partial charge < -0.3 is 16.0 Å². The molecule has 3 N–H and O–H groups in total. The SMILES string of the molecule is CCC(Sc1cccc(NC(=O)/C(=C/c2ccsc2)NC(=O)c2ccccc2)c1)C(=O)Nc1ccccc1. The molecular weight excluding hydrogens is 514 g/mol. The van der Waals surface area contributed by atoms with Crippen molar-refractivity contribution in [2.75, 3.05) is 10.6 Å². The van der Waals surface area contributed by atoms with Gasteiger partial charge in [-0.25, -0.2) is 0 Å². The zero-order valence-corrected chi connectivity index (χ0v) is 22.4. The fraction of sp³-hybridized carbons (Fsp3) is 0.100. The number of para-hydroxylation sites is 1. The van der Waals surface area contributed by atoms with Crippen molar-refractivity contribution < 1.29 is 14.4 Å². The fourth-order valence-electron chi connectivity index (χ4n) is 3.54. The van der Waals surface area contributed by atoms with Crippen LogP contribution in [-0.4, -0.2) is 23.0 Å². The number of benzene rings is 3. The molecule has 0 bridgehead atoms. The van der Waals surface area contributed by atoms with Gasteiger partial charge in [0.15, 0.2) is 0 Å². The molecule has 6 nitrogen and oxygen atoms in total. The zero-order chi connectivity index (χ0) is 26.7. The summed E-state index contributed by atoms with van der Waals surface area (Å²) in [5.74, 6) is -0.902. The van der Waals surface area contributed by atoms with Crippen LogP contribution < -0.4 is 16.0 Å². The molecule has 1 unspecified atom stereocenters. The summed E-state index contributed by atoms with van der Waals surface area (Å²) in [6.07, 6.45) is 2.28. The number of carbonyl (C=O) groups is 3. The summed E-state index contributed by atoms with van der Waals surface area (Å²) in [5, 5.41) is 12.1. The second-order valence-corrected chi connectivity index (χ2v) is 10.3. The molecule has 38 heavy (non-hydrogen) atoms. The first-order valence-corrected chi connectivity index (χ1v) is 13.9. The number of hydrogen-bond donors (Lipinski definition) is 3. The summed E-state index contributed by atoms with van der Waals surface area (Å²) in [4.78, 5) is 39.7. The minimum absolute atomic E-state index is 0.0808. The Morgan fingerprint density at radius 1 is 0.868 bits per heavy atom. The van der Waals surface area contributed by atoms with Crippen LogP contribution in [0.5, 0.6) is 0 Å². The van der Waals surface area contributed by atoms with Gasteiger partial charge in [0.2, 0.25) is 5.91 Å². The number of thioether (sulfide) groups is 1. The molecule has 3 aromatic carbocycles. The Morgan fingerprint density at radius 2 is 1.58 bits per heavy atom. The Bertz CT molecular complexity index is 1410. The van der Waals surface area contributed by atoms with Gasteiger partial charge in [-0.1, -0.05) is 49.4 Å². The molecule has 1 aromatic heterocycles. The topological polar surface area (TPSA) is 87.3 Å². The first kappa shape index (κ1) is 26.9. The van der Waals surface area contributed by atoms with Crippen LogP contribution in [0.15, 0.2) is 112 Å². The first-order valence-electron chi connectivity index (χ1n) is 12.1. The summed E-state index contributed by atoms with van der Waals surface area (Å²) in [6, 6.07) is 27.3. The molecule has 4 rings (SSSR count). The first-order chi connectivity index (χ1) is 18.5. The predicted octanol–water partition coefficient (Wildman–Crippen LogP) is 6.67. The van der Waals surface area contributed by atoms with E-state index < -0.39 is 5.91 Å². The standard InChI is InChI=1S/C30H27N3O3S2/c1-2-27(30(36)31-23-12-7-4-8-13-23)38-25-15-9-14-24(19-25)32-29(35)26(18-21-16-17-37-20-21)33-28(34)22-10-5-3-6-11-22/h3-20,27H,2H2,1H3,(H,31,36)(H,32,35)(H,33,34)/b26-18-. The van der Waals surface area contributed by atoms with Gasteiger partial charge in [-0.15, -0.1) is 11.8 Å². The Kier molecular flexibility index (Phi) is 9.50. The third kappa shape index (κ3) is 7.68. The number of thiophene rings is 1. The molecule has 3 amide bonds. The quantitative estimate of drug-likeness (QED) is 0.155. The number of nitrogens with one attached hydrogen (secondary N) is 3. The Morgan fingerprint density at radius 3 is 2.26 bits per heavy atom. The van der Waals surface area contributed by atoms with Gasteiger partial charge in [0.05, 0.1) is 5.25 Å². The van der Waals surface area contributed by atoms with Crippen molar-refractivity contribution in [3.05, 3.63) is 119 Å². The molecule has 0 radical (unpaired) electrons. The Balaban J connectivity index is 1.46. The van der Waals surface area contributed by atoms with Crippen LogP contribution in [0.1, 0.15) is 29.3 Å². The number of carbonyl (C=O) groups excluding carboxylic acids is 3. The summed E-state index contributed by atoms with van der Waals surface area (Å²) in [6.45, 7) is 1.96. The monoisotopic (exact) mass is 541 g/mol. The van der Waals surface area contributed by atoms with Crippen molar-refractivity contribution in [1.82, 2.24) is 5.32 Å². The van der Waals surface area contributed by atoms with Crippen LogP contribution in [0.3, 0.4) is 0 Å². The van der Waals surface area contributed by atoms with Crippen LogP contribution >= 0.6 is 23.1 Å². The molecule has 8 heteroatoms. The van der Waals surface area contributed by atoms with Crippen LogP contribution in [0.2, 0.25) is 0 Å². The average Bonchev–Trinajstić information content (AvgIpc) is 3.46. The minimum atomic E-state index is -0.448. The van der Waals surface area contributed by atoms with Gasteiger partial charge in [0, 0.05) is 21.8 Å². The van der Waals surface area contributed by atoms with Gasteiger partial charge in [-0.2, -0.15) is 11.3 Å². The highest BCUT2D eigenvalue weighted by atomic mass is 32.2. The summed E-state index contributed by atoms with van der Waals surface area (Å²) >= 11 is 2.93. The summed E-state index contributed by atoms with van der Waals surface area (Å²) in [5.41, 5.74) is 2.70. The highest BCUT2D eigenvalue weighted by Gasteiger charge is 2.19. The lowest BCUT2D eigenvalue weighted by Gasteiger charge is -2.16. The number of rotatable bonds is 10. The van der Waals surface area contributed by atoms with Crippen molar-refractivity contribution in [3.8, 4) is 0 Å². The van der Waals surface area contributed by atoms with Crippen molar-refractivity contribution in [2.24, 2.45) is 0 Å². The van der Waals surface area contributed by atoms with Gasteiger partial charge in [0.1, 0.15) is 5.70 Å². The van der Waals surface area contributed by atoms with Crippen molar-refractivity contribution in [2.45, 2.75) is 23.5 Å². The van der Waals surface area contributed by atoms with Crippen LogP contribution in [0.4, 0.5) is 11.4 Å². The van der Waals surface area contributed by atoms with Gasteiger partial charge >= 0.3 is 0 Å². The lowest BCUT2D eigenvalue weighted by atomic mass is 10.2. The highest BCUT2D eigenvalue weighted by Crippen LogP contribution is 2.29. The van der Waals surface area contributed by atoms with Gasteiger partial charge in [0.25, 0.3) is 11.8 Å². The molecule has 0 spiro atoms. The van der Waals surface area contributed by atoms with Crippen molar-refractivity contribution in [1.29, 1.82) is 0 Å². The molecule has 1 heterocycles. The van der Waals surface area contributed by atoms with Gasteiger partial charge in [-0.05, 0) is 77.4 Å². The largest absolute Gasteiger partial charge is 0.325 e. The van der Waals surface area contributed by atoms with E-state index in [1.807, 2.05) is 78.3 Å². The molecule has 1 atom stereocenters. The van der Waals surface area contributed by atoms with E-state index in [4.69, 9.17) is 0 Å². The second kappa shape index (κ2) is 13.4. The molecule has 0 saturated heterocycles. The summed E-state index contributed by atoms with van der Waals surface area (Å²) in [7, 11) is 0. The molecular formula is C30H27N3O3S2. The van der Waals surface area contributed by atoms with Crippen LogP contribution in [0.25, 0.3) is 6.08 Å². The molecule has 0 saturated carbocycles. The fourth-order valence-corrected chi connectivity index (χ4v) is 5.17. The number of hydrogen-bond acceptors (Lipinski definition) is 5. The van der Waals surface area contributed by atoms with E-state index in [-0.39, 0.29) is 22.8 Å². The molecule has 0 fully saturated rings. The molecule has 192 valence electrons. The van der Waals surface area contributed by atoms with E-state index in [0.29, 0.717) is 17.7 Å². The van der Waals surface area contributed by atoms with E-state index in [9.17, 15) is 14.4 Å². The molecule has 0 aliphatic rings. The maximum Gasteiger partial charge on any atom is 0.272 e. The van der Waals surface area contributed by atoms with Crippen molar-refractivity contribution >= 4 is 58.3 Å². The lowest BCUT2D eigenvalue weighted by Crippen LogP contribution is -2.30. The predicted molar refractivity (Wildman–Crippen MR) is 156 cm³/mol. The third-order valence-corrected chi connectivity index (χ3v) is 7.52. The molecule has 4 aromatic rings. The second-order valence-electron chi connectivity index (χ2n) is 8.29. The summed E-state index contributed by atoms with van der Waals surface area (Å²) < 4.78 is 0. The van der Waals surface area contributed by atoms with Gasteiger partial charge in [-0.3, -0.25) is 14.4 Å². The molecule has 0 aliphatic heterocycles. The smallest absolute Gasteiger partial charge is 0.272 e. The van der Waals surface area contributed by atoms with Crippen molar-refractivity contribution in [3.63, 3.8) is 0 Å². The maximum atomic E-state index is 13.2. The number of amides is 3. The maximum absolute atomic E-state index is 13.2. The minimum Gasteiger partial charge on any atom is -0.325 e. The van der Waals surface area contributed by atoms with E-state index >= 15 is 0 Å². The van der Waals surface area contributed by atoms with E-state index in [0.717, 1.165) is 16.1 Å². The highest BCUT2D eigenvalue weighted by molar-refractivity contribution is 8.00. The number of anilines is 2. The lowest BCUT2D eigenvalue weighted by molar-refractivity contribution is -0.116. The third-order valence-electron chi connectivity index (χ3n) is 5.46. The van der Waals surface area contributed by atoms with Crippen LogP contribution in [0, 0.1) is 0 Å². The van der Waals surface area contributed by atoms with E-state index in [1.165, 1.54) is 23.1 Å². The normalized spacial score (nSPS) is 11.9. The average molecular weight is 542 g/mol. The van der Waals surface area contributed by atoms with E-state index in [1.54, 1.807) is 36.4 Å². The molecule has 0 aliphatic carbocycles. The van der Waals surface area contributed by atoms with Crippen LogP contribution in [-0.2, 0) is 9.59 Å². The van der Waals surface area contributed by atoms with E-state index in [2.05, 4.69) is 16.0 Å². The Labute approximate surface area is 230 Å². The Hall–Kier alpha value is -4.14.